The van der Waals surface area contributed by atoms with E-state index in [9.17, 15) is 19.2 Å². The number of aliphatic hydroxyl groups excluding tert-OH is 1. The van der Waals surface area contributed by atoms with Crippen LogP contribution in [0.5, 0.6) is 0 Å². The van der Waals surface area contributed by atoms with Crippen LogP contribution >= 0.6 is 24.9 Å². The molecule has 13 heteroatoms. The zero-order valence-corrected chi connectivity index (χ0v) is 18.4. The quantitative estimate of drug-likeness (QED) is 0.0675. The number of Topliss-reactive ketones (excluding diaryl/α,β-unsaturated/α-hetero) is 1. The highest BCUT2D eigenvalue weighted by Crippen LogP contribution is 2.26. The Hall–Kier alpha value is -1.22. The van der Waals surface area contributed by atoms with Crippen molar-refractivity contribution in [1.82, 2.24) is 15.5 Å². The van der Waals surface area contributed by atoms with Gasteiger partial charge in [-0.15, -0.1) is 0 Å². The van der Waals surface area contributed by atoms with Crippen LogP contribution in [0.2, 0.25) is 0 Å². The number of nitrogens with zero attached hydrogens (tertiary/aromatic N) is 1. The number of rotatable bonds is 18. The SMILES string of the molecule is [3H]SOSC1CC(=O)N(CCCC(=O)C(NC(=O)CCO)OCCNCOCC)C1=O. The number of ether oxygens (including phenoxy) is 2. The van der Waals surface area contributed by atoms with E-state index in [1.807, 2.05) is 6.92 Å². The molecular weight excluding hydrogens is 438 g/mol. The molecule has 1 aliphatic heterocycles. The molecule has 0 aromatic carbocycles. The number of thiol groups is 1. The summed E-state index contributed by atoms with van der Waals surface area (Å²) in [5.74, 6) is -1.71. The Bertz CT molecular complexity index is 602. The van der Waals surface area contributed by atoms with Crippen molar-refractivity contribution in [3.8, 4) is 0 Å². The molecule has 0 radical (unpaired) electrons. The maximum absolute atomic E-state index is 12.5. The fourth-order valence-corrected chi connectivity index (χ4v) is 3.38. The molecule has 0 aliphatic carbocycles. The average Bonchev–Trinajstić information content (AvgIpc) is 3.01. The summed E-state index contributed by atoms with van der Waals surface area (Å²) in [6, 6.07) is 0. The Morgan fingerprint density at radius 3 is 2.93 bits per heavy atom. The van der Waals surface area contributed by atoms with Crippen LogP contribution in [0.1, 0.15) is 32.6 Å². The van der Waals surface area contributed by atoms with E-state index in [2.05, 4.69) is 10.6 Å². The van der Waals surface area contributed by atoms with Crippen LogP contribution in [0.3, 0.4) is 0 Å². The van der Waals surface area contributed by atoms with Gasteiger partial charge in [-0.05, 0) is 26.2 Å². The fourth-order valence-electron chi connectivity index (χ4n) is 2.58. The molecule has 0 bridgehead atoms. The van der Waals surface area contributed by atoms with Gasteiger partial charge in [-0.1, -0.05) is 0 Å². The Kier molecular flexibility index (Phi) is 13.0. The van der Waals surface area contributed by atoms with E-state index in [0.29, 0.717) is 32.7 Å². The van der Waals surface area contributed by atoms with Crippen molar-refractivity contribution in [2.75, 3.05) is 39.6 Å². The molecule has 0 saturated carbocycles. The average molecular weight is 470 g/mol. The molecule has 1 fully saturated rings. The minimum atomic E-state index is -1.19. The number of amides is 3. The van der Waals surface area contributed by atoms with Crippen molar-refractivity contribution in [2.45, 2.75) is 44.1 Å². The van der Waals surface area contributed by atoms with Gasteiger partial charge in [0.15, 0.2) is 12.0 Å². The second-order valence-electron chi connectivity index (χ2n) is 6.24. The molecule has 2 atom stereocenters. The predicted molar refractivity (Wildman–Crippen MR) is 111 cm³/mol. The summed E-state index contributed by atoms with van der Waals surface area (Å²) in [5, 5.41) is 13.6. The molecule has 0 spiro atoms. The molecule has 3 amide bonds. The lowest BCUT2D eigenvalue weighted by molar-refractivity contribution is -0.141. The molecule has 0 aromatic rings. The first-order valence-electron chi connectivity index (χ1n) is 9.97. The molecule has 1 aliphatic rings. The molecule has 3 N–H and O–H groups in total. The van der Waals surface area contributed by atoms with Gasteiger partial charge in [0.1, 0.15) is 6.37 Å². The Morgan fingerprint density at radius 1 is 1.43 bits per heavy atom. The summed E-state index contributed by atoms with van der Waals surface area (Å²) in [6.45, 7) is 2.98. The van der Waals surface area contributed by atoms with Crippen molar-refractivity contribution >= 4 is 48.4 Å². The number of hydrogen-bond acceptors (Lipinski definition) is 11. The number of ketones is 1. The molecule has 1 saturated heterocycles. The number of imide groups is 1. The number of hydrogen-bond donors (Lipinski definition) is 4. The number of carbonyl (C=O) groups is 4. The van der Waals surface area contributed by atoms with Crippen LogP contribution in [0, 0.1) is 0 Å². The third-order valence-corrected chi connectivity index (χ3v) is 4.97. The smallest absolute Gasteiger partial charge is 0.245 e. The van der Waals surface area contributed by atoms with Gasteiger partial charge in [-0.3, -0.25) is 29.4 Å². The van der Waals surface area contributed by atoms with Gasteiger partial charge < -0.3 is 19.9 Å². The molecule has 1 heterocycles. The highest BCUT2D eigenvalue weighted by Gasteiger charge is 2.39. The molecule has 11 nitrogen and oxygen atoms in total. The third kappa shape index (κ3) is 9.73. The van der Waals surface area contributed by atoms with E-state index in [4.69, 9.17) is 19.3 Å². The van der Waals surface area contributed by atoms with Gasteiger partial charge >= 0.3 is 0 Å². The van der Waals surface area contributed by atoms with Crippen molar-refractivity contribution in [3.63, 3.8) is 0 Å². The van der Waals surface area contributed by atoms with Crippen molar-refractivity contribution in [3.05, 3.63) is 0 Å². The van der Waals surface area contributed by atoms with Crippen molar-refractivity contribution < 1.29 is 37.4 Å². The summed E-state index contributed by atoms with van der Waals surface area (Å²) < 4.78 is 22.2. The first-order valence-corrected chi connectivity index (χ1v) is 10.7. The highest BCUT2D eigenvalue weighted by atomic mass is 32.2. The number of nitrogens with one attached hydrogen (secondary N) is 2. The molecule has 0 aromatic heterocycles. The zero-order chi connectivity index (χ0) is 23.1. The van der Waals surface area contributed by atoms with Crippen molar-refractivity contribution in [1.29, 1.82) is 1.12 Å². The largest absolute Gasteiger partial charge is 0.396 e. The van der Waals surface area contributed by atoms with Crippen LogP contribution in [0.15, 0.2) is 0 Å². The second-order valence-corrected chi connectivity index (χ2v) is 7.55. The van der Waals surface area contributed by atoms with Crippen LogP contribution in [-0.2, 0) is 32.3 Å². The minimum Gasteiger partial charge on any atom is -0.396 e. The van der Waals surface area contributed by atoms with Crippen molar-refractivity contribution in [2.24, 2.45) is 0 Å². The Morgan fingerprint density at radius 2 is 2.23 bits per heavy atom. The lowest BCUT2D eigenvalue weighted by Gasteiger charge is -2.19. The van der Waals surface area contributed by atoms with Gasteiger partial charge in [-0.25, -0.2) is 3.63 Å². The number of carbonyl (C=O) groups excluding carboxylic acids is 4. The topological polar surface area (TPSA) is 144 Å². The maximum Gasteiger partial charge on any atom is 0.245 e. The lowest BCUT2D eigenvalue weighted by atomic mass is 10.2. The Balaban J connectivity index is 2.48. The fraction of sp³-hybridized carbons (Fsp3) is 0.765. The van der Waals surface area contributed by atoms with E-state index in [0.717, 1.165) is 16.9 Å². The van der Waals surface area contributed by atoms with E-state index in [-0.39, 0.29) is 51.3 Å². The molecule has 30 heavy (non-hydrogen) atoms. The predicted octanol–water partition coefficient (Wildman–Crippen LogP) is -0.602. The summed E-state index contributed by atoms with van der Waals surface area (Å²) in [7, 11) is 0. The molecular formula is C17H29N3O8S2. The van der Waals surface area contributed by atoms with Gasteiger partial charge in [0.25, 0.3) is 0 Å². The highest BCUT2D eigenvalue weighted by molar-refractivity contribution is 8.02. The summed E-state index contributed by atoms with van der Waals surface area (Å²) in [4.78, 5) is 49.6. The number of aliphatic hydroxyl groups is 1. The normalized spacial score (nSPS) is 17.9. The molecule has 1 rings (SSSR count). The van der Waals surface area contributed by atoms with E-state index in [1.165, 1.54) is 0 Å². The summed E-state index contributed by atoms with van der Waals surface area (Å²) >= 11 is 1.11. The summed E-state index contributed by atoms with van der Waals surface area (Å²) in [6.07, 6.45) is -1.19. The molecule has 2 unspecified atom stereocenters. The van der Waals surface area contributed by atoms with Crippen LogP contribution < -0.4 is 10.6 Å². The third-order valence-electron chi connectivity index (χ3n) is 4.06. The van der Waals surface area contributed by atoms with Gasteiger partial charge in [-0.2, -0.15) is 0 Å². The first-order chi connectivity index (χ1) is 14.9. The van der Waals surface area contributed by atoms with Crippen LogP contribution in [0.25, 0.3) is 0 Å². The zero-order valence-electron chi connectivity index (χ0n) is 17.8. The summed E-state index contributed by atoms with van der Waals surface area (Å²) in [5.41, 5.74) is 0. The number of likely N-dealkylation sites (tertiary alicyclic amines) is 1. The Labute approximate surface area is 186 Å². The molecule has 172 valence electrons. The van der Waals surface area contributed by atoms with Crippen LogP contribution in [-0.4, -0.2) is 85.8 Å². The van der Waals surface area contributed by atoms with E-state index >= 15 is 0 Å². The van der Waals surface area contributed by atoms with Gasteiger partial charge in [0.05, 0.1) is 26.4 Å². The second kappa shape index (κ2) is 15.6. The maximum atomic E-state index is 12.5. The van der Waals surface area contributed by atoms with E-state index in [1.54, 1.807) is 0 Å². The standard InChI is InChI=1S/C17H29N3O8S2/c1-2-26-11-18-6-9-27-16(19-14(23)5-8-21)12(22)4-3-7-20-15(24)10-13(17(20)25)30-28-29/h13,16,18,21,29H,2-11H2,1H3,(H,19,23)/i/hT. The van der Waals surface area contributed by atoms with E-state index < -0.39 is 29.1 Å². The van der Waals surface area contributed by atoms with Crippen LogP contribution in [0.4, 0.5) is 0 Å². The van der Waals surface area contributed by atoms with Gasteiger partial charge in [0, 0.05) is 44.6 Å². The monoisotopic (exact) mass is 469 g/mol. The lowest BCUT2D eigenvalue weighted by Crippen LogP contribution is -2.44. The minimum absolute atomic E-state index is 0.0181. The first kappa shape index (κ1) is 25.0. The van der Waals surface area contributed by atoms with Gasteiger partial charge in [0.2, 0.25) is 17.7 Å².